The van der Waals surface area contributed by atoms with Gasteiger partial charge in [0.05, 0.1) is 10.9 Å². The fourth-order valence-electron chi connectivity index (χ4n) is 3.42. The molecule has 9 heteroatoms. The summed E-state index contributed by atoms with van der Waals surface area (Å²) in [4.78, 5) is 18.6. The van der Waals surface area contributed by atoms with E-state index in [0.29, 0.717) is 30.3 Å². The second kappa shape index (κ2) is 8.55. The molecule has 0 aliphatic carbocycles. The van der Waals surface area contributed by atoms with Crippen molar-refractivity contribution >= 4 is 38.1 Å². The molecule has 4 rings (SSSR count). The summed E-state index contributed by atoms with van der Waals surface area (Å²) in [6.07, 6.45) is 2.24. The first-order valence-electron chi connectivity index (χ1n) is 9.56. The van der Waals surface area contributed by atoms with Crippen LogP contribution in [0.3, 0.4) is 0 Å². The summed E-state index contributed by atoms with van der Waals surface area (Å²) in [5, 5.41) is 5.36. The Bertz CT molecular complexity index is 1140. The summed E-state index contributed by atoms with van der Waals surface area (Å²) in [7, 11) is -3.71. The van der Waals surface area contributed by atoms with Crippen LogP contribution in [-0.2, 0) is 21.4 Å². The van der Waals surface area contributed by atoms with Crippen LogP contribution in [0.1, 0.15) is 19.0 Å². The van der Waals surface area contributed by atoms with E-state index in [2.05, 4.69) is 34.1 Å². The average Bonchev–Trinajstić information content (AvgIpc) is 3.37. The molecule has 0 spiro atoms. The maximum atomic E-state index is 12.8. The second-order valence-corrected chi connectivity index (χ2v) is 9.65. The minimum atomic E-state index is -3.71. The van der Waals surface area contributed by atoms with Gasteiger partial charge in [-0.2, -0.15) is 0 Å². The van der Waals surface area contributed by atoms with Crippen LogP contribution in [0.4, 0.5) is 10.8 Å². The van der Waals surface area contributed by atoms with E-state index in [1.807, 2.05) is 12.1 Å². The normalized spacial score (nSPS) is 16.8. The molecule has 0 bridgehead atoms. The lowest BCUT2D eigenvalue weighted by molar-refractivity contribution is -0.118. The van der Waals surface area contributed by atoms with Crippen LogP contribution in [0.5, 0.6) is 0 Å². The van der Waals surface area contributed by atoms with Crippen LogP contribution in [0.15, 0.2) is 65.0 Å². The molecule has 1 atom stereocenters. The van der Waals surface area contributed by atoms with Gasteiger partial charge < -0.3 is 10.2 Å². The largest absolute Gasteiger partial charge is 0.311 e. The molecule has 1 amide bonds. The van der Waals surface area contributed by atoms with Crippen molar-refractivity contribution in [1.82, 2.24) is 10.3 Å². The molecule has 0 radical (unpaired) electrons. The Morgan fingerprint density at radius 2 is 1.97 bits per heavy atom. The predicted octanol–water partition coefficient (Wildman–Crippen LogP) is 3.39. The number of nitrogens with one attached hydrogen (secondary N) is 2. The quantitative estimate of drug-likeness (QED) is 0.583. The van der Waals surface area contributed by atoms with Gasteiger partial charge in [-0.3, -0.25) is 9.52 Å². The number of carbonyl (C=O) groups excluding carboxylic acids is 1. The monoisotopic (exact) mass is 444 g/mol. The third-order valence-electron chi connectivity index (χ3n) is 5.12. The standard InChI is InChI=1S/C21H22N4O3S2.H2/c1-15-4-2-3-5-16(15)14-23-19-10-12-25(20(19)26)17-6-8-18(9-7-17)30(27,28)24-21-22-11-13-29-21;/h2-9,11,13,19,23H,10,12,14H2,1H3,(H,22,24);1H. The van der Waals surface area contributed by atoms with Gasteiger partial charge in [0.1, 0.15) is 0 Å². The highest BCUT2D eigenvalue weighted by atomic mass is 32.2. The Kier molecular flexibility index (Phi) is 5.85. The van der Waals surface area contributed by atoms with E-state index in [-0.39, 0.29) is 18.3 Å². The molecule has 1 unspecified atom stereocenters. The molecule has 0 saturated carbocycles. The minimum absolute atomic E-state index is 0. The molecule has 158 valence electrons. The number of anilines is 2. The van der Waals surface area contributed by atoms with Gasteiger partial charge in [0.25, 0.3) is 10.0 Å². The van der Waals surface area contributed by atoms with Gasteiger partial charge in [-0.25, -0.2) is 13.4 Å². The van der Waals surface area contributed by atoms with E-state index in [4.69, 9.17) is 0 Å². The van der Waals surface area contributed by atoms with Crippen molar-refractivity contribution in [3.8, 4) is 0 Å². The van der Waals surface area contributed by atoms with Crippen molar-refractivity contribution in [2.24, 2.45) is 0 Å². The van der Waals surface area contributed by atoms with Crippen molar-refractivity contribution in [3.05, 3.63) is 71.2 Å². The van der Waals surface area contributed by atoms with Crippen molar-refractivity contribution in [3.63, 3.8) is 0 Å². The number of aromatic nitrogens is 1. The predicted molar refractivity (Wildman–Crippen MR) is 120 cm³/mol. The minimum Gasteiger partial charge on any atom is -0.311 e. The zero-order chi connectivity index (χ0) is 21.1. The summed E-state index contributed by atoms with van der Waals surface area (Å²) >= 11 is 1.21. The highest BCUT2D eigenvalue weighted by Crippen LogP contribution is 2.25. The maximum Gasteiger partial charge on any atom is 0.263 e. The second-order valence-electron chi connectivity index (χ2n) is 7.08. The Morgan fingerprint density at radius 3 is 2.67 bits per heavy atom. The third-order valence-corrected chi connectivity index (χ3v) is 7.29. The Morgan fingerprint density at radius 1 is 1.20 bits per heavy atom. The van der Waals surface area contributed by atoms with Gasteiger partial charge in [-0.05, 0) is 48.7 Å². The topological polar surface area (TPSA) is 91.4 Å². The Hall–Kier alpha value is -2.75. The highest BCUT2D eigenvalue weighted by molar-refractivity contribution is 7.93. The van der Waals surface area contributed by atoms with E-state index in [1.165, 1.54) is 40.8 Å². The molecule has 1 saturated heterocycles. The van der Waals surface area contributed by atoms with Crippen LogP contribution in [-0.4, -0.2) is 31.9 Å². The summed E-state index contributed by atoms with van der Waals surface area (Å²) in [6, 6.07) is 14.2. The van der Waals surface area contributed by atoms with Crippen molar-refractivity contribution in [1.29, 1.82) is 0 Å². The molecule has 7 nitrogen and oxygen atoms in total. The number of rotatable bonds is 7. The number of sulfonamides is 1. The molecule has 1 aliphatic heterocycles. The third kappa shape index (κ3) is 4.38. The number of thiazole rings is 1. The summed E-state index contributed by atoms with van der Waals surface area (Å²) < 4.78 is 27.4. The number of nitrogens with zero attached hydrogens (tertiary/aromatic N) is 2. The number of hydrogen-bond acceptors (Lipinski definition) is 6. The van der Waals surface area contributed by atoms with Crippen LogP contribution in [0.2, 0.25) is 0 Å². The summed E-state index contributed by atoms with van der Waals surface area (Å²) in [5.74, 6) is 0.0000943. The van der Waals surface area contributed by atoms with Crippen molar-refractivity contribution < 1.29 is 14.6 Å². The zero-order valence-electron chi connectivity index (χ0n) is 16.4. The molecule has 2 aromatic carbocycles. The number of aryl methyl sites for hydroxylation is 1. The average molecular weight is 445 g/mol. The van der Waals surface area contributed by atoms with Crippen molar-refractivity contribution in [2.75, 3.05) is 16.2 Å². The number of amides is 1. The van der Waals surface area contributed by atoms with E-state index < -0.39 is 10.0 Å². The summed E-state index contributed by atoms with van der Waals surface area (Å²) in [5.41, 5.74) is 3.05. The van der Waals surface area contributed by atoms with Gasteiger partial charge in [0.2, 0.25) is 5.91 Å². The molecule has 2 N–H and O–H groups in total. The van der Waals surface area contributed by atoms with E-state index in [0.717, 1.165) is 0 Å². The van der Waals surface area contributed by atoms with Gasteiger partial charge in [-0.15, -0.1) is 11.3 Å². The first kappa shape index (κ1) is 20.5. The Balaban J connectivity index is 0.00000272. The first-order valence-corrected chi connectivity index (χ1v) is 11.9. The van der Waals surface area contributed by atoms with Crippen molar-refractivity contribution in [2.45, 2.75) is 30.8 Å². The summed E-state index contributed by atoms with van der Waals surface area (Å²) in [6.45, 7) is 3.28. The van der Waals surface area contributed by atoms with Gasteiger partial charge in [-0.1, -0.05) is 24.3 Å². The number of carbonyl (C=O) groups is 1. The molecule has 1 fully saturated rings. The zero-order valence-corrected chi connectivity index (χ0v) is 18.0. The van der Waals surface area contributed by atoms with Gasteiger partial charge in [0, 0.05) is 31.8 Å². The highest BCUT2D eigenvalue weighted by Gasteiger charge is 2.32. The molecule has 3 aromatic rings. The lowest BCUT2D eigenvalue weighted by Gasteiger charge is -2.18. The van der Waals surface area contributed by atoms with E-state index >= 15 is 0 Å². The smallest absolute Gasteiger partial charge is 0.263 e. The first-order chi connectivity index (χ1) is 14.4. The molecule has 2 heterocycles. The molecule has 1 aliphatic rings. The fraction of sp³-hybridized carbons (Fsp3) is 0.238. The lowest BCUT2D eigenvalue weighted by Crippen LogP contribution is -2.38. The maximum absolute atomic E-state index is 12.8. The number of hydrogen-bond donors (Lipinski definition) is 2. The van der Waals surface area contributed by atoms with Crippen LogP contribution in [0, 0.1) is 6.92 Å². The van der Waals surface area contributed by atoms with Gasteiger partial charge >= 0.3 is 0 Å². The fourth-order valence-corrected chi connectivity index (χ4v) is 5.21. The SMILES string of the molecule is Cc1ccccc1CNC1CCN(c2ccc(S(=O)(=O)Nc3nccs3)cc2)C1=O.[HH]. The van der Waals surface area contributed by atoms with E-state index in [9.17, 15) is 13.2 Å². The Labute approximate surface area is 181 Å². The van der Waals surface area contributed by atoms with Crippen LogP contribution >= 0.6 is 11.3 Å². The lowest BCUT2D eigenvalue weighted by atomic mass is 10.1. The number of benzene rings is 2. The molecular formula is C21H24N4O3S2. The van der Waals surface area contributed by atoms with E-state index in [1.54, 1.807) is 22.4 Å². The van der Waals surface area contributed by atoms with Gasteiger partial charge in [0.15, 0.2) is 5.13 Å². The molecular weight excluding hydrogens is 420 g/mol. The molecule has 30 heavy (non-hydrogen) atoms. The van der Waals surface area contributed by atoms with Crippen LogP contribution < -0.4 is 14.9 Å². The van der Waals surface area contributed by atoms with Crippen LogP contribution in [0.25, 0.3) is 0 Å². The molecule has 1 aromatic heterocycles.